The van der Waals surface area contributed by atoms with E-state index in [0.717, 1.165) is 28.3 Å². The molecule has 84 valence electrons. The van der Waals surface area contributed by atoms with Crippen LogP contribution in [0.5, 0.6) is 0 Å². The summed E-state index contributed by atoms with van der Waals surface area (Å²) in [5.41, 5.74) is 0. The van der Waals surface area contributed by atoms with E-state index in [1.54, 1.807) is 11.8 Å². The van der Waals surface area contributed by atoms with Crippen LogP contribution in [0.2, 0.25) is 0 Å². The smallest absolute Gasteiger partial charge is 0.0961 e. The maximum absolute atomic E-state index is 4.30. The maximum Gasteiger partial charge on any atom is 0.0961 e. The summed E-state index contributed by atoms with van der Waals surface area (Å²) in [7, 11) is 0. The quantitative estimate of drug-likeness (QED) is 0.615. The molecular formula is C11H17BrN2S. The Bertz CT molecular complexity index is 264. The van der Waals surface area contributed by atoms with E-state index < -0.39 is 0 Å². The van der Waals surface area contributed by atoms with Crippen molar-refractivity contribution in [3.63, 3.8) is 0 Å². The van der Waals surface area contributed by atoms with Gasteiger partial charge in [0.05, 0.1) is 5.03 Å². The molecule has 1 aromatic heterocycles. The largest absolute Gasteiger partial charge is 0.316 e. The number of aromatic nitrogens is 1. The molecule has 0 amide bonds. The van der Waals surface area contributed by atoms with Gasteiger partial charge in [0.1, 0.15) is 0 Å². The summed E-state index contributed by atoms with van der Waals surface area (Å²) in [6.07, 6.45) is 4.36. The van der Waals surface area contributed by atoms with Gasteiger partial charge in [-0.15, -0.1) is 11.8 Å². The predicted octanol–water partition coefficient (Wildman–Crippen LogP) is 3.33. The van der Waals surface area contributed by atoms with Crippen LogP contribution in [0.25, 0.3) is 0 Å². The van der Waals surface area contributed by atoms with Gasteiger partial charge in [0.15, 0.2) is 0 Å². The molecule has 0 fully saturated rings. The van der Waals surface area contributed by atoms with Crippen LogP contribution in [0.4, 0.5) is 0 Å². The third kappa shape index (κ3) is 6.17. The average Bonchev–Trinajstić information content (AvgIpc) is 2.26. The average molecular weight is 289 g/mol. The van der Waals surface area contributed by atoms with Crippen molar-refractivity contribution >= 4 is 27.7 Å². The van der Waals surface area contributed by atoms with Crippen molar-refractivity contribution in [2.45, 2.75) is 24.8 Å². The third-order valence-corrected chi connectivity index (χ3v) is 3.35. The highest BCUT2D eigenvalue weighted by molar-refractivity contribution is 9.10. The van der Waals surface area contributed by atoms with Gasteiger partial charge in [0.2, 0.25) is 0 Å². The minimum atomic E-state index is 1.04. The zero-order valence-corrected chi connectivity index (χ0v) is 11.4. The molecule has 0 saturated heterocycles. The highest BCUT2D eigenvalue weighted by atomic mass is 79.9. The Morgan fingerprint density at radius 2 is 2.27 bits per heavy atom. The second-order valence-corrected chi connectivity index (χ2v) is 5.30. The first kappa shape index (κ1) is 13.0. The Kier molecular flexibility index (Phi) is 7.05. The lowest BCUT2D eigenvalue weighted by atomic mass is 10.3. The van der Waals surface area contributed by atoms with Crippen molar-refractivity contribution in [2.75, 3.05) is 18.8 Å². The fourth-order valence-corrected chi connectivity index (χ4v) is 2.08. The molecule has 0 spiro atoms. The highest BCUT2D eigenvalue weighted by Crippen LogP contribution is 2.16. The summed E-state index contributed by atoms with van der Waals surface area (Å²) in [6.45, 7) is 4.40. The van der Waals surface area contributed by atoms with E-state index in [4.69, 9.17) is 0 Å². The van der Waals surface area contributed by atoms with E-state index in [9.17, 15) is 0 Å². The number of halogens is 1. The number of nitrogens with zero attached hydrogens (tertiary/aromatic N) is 1. The van der Waals surface area contributed by atoms with E-state index in [2.05, 4.69) is 33.2 Å². The van der Waals surface area contributed by atoms with Gasteiger partial charge in [0, 0.05) is 23.0 Å². The number of hydrogen-bond donors (Lipinski definition) is 1. The Balaban J connectivity index is 2.07. The van der Waals surface area contributed by atoms with Crippen molar-refractivity contribution in [2.24, 2.45) is 0 Å². The fraction of sp³-hybridized carbons (Fsp3) is 0.545. The lowest BCUT2D eigenvalue weighted by Gasteiger charge is -2.03. The number of pyridine rings is 1. The molecule has 0 aromatic carbocycles. The van der Waals surface area contributed by atoms with E-state index in [0.29, 0.717) is 0 Å². The number of thioether (sulfide) groups is 1. The molecule has 15 heavy (non-hydrogen) atoms. The van der Waals surface area contributed by atoms with Gasteiger partial charge < -0.3 is 5.32 Å². The van der Waals surface area contributed by atoms with Crippen LogP contribution in [-0.4, -0.2) is 23.8 Å². The standard InChI is InChI=1S/C11H17BrN2S/c1-2-3-6-13-7-8-15-11-5-4-10(12)9-14-11/h4-5,9,13H,2-3,6-8H2,1H3. The molecule has 0 radical (unpaired) electrons. The zero-order chi connectivity index (χ0) is 10.9. The van der Waals surface area contributed by atoms with E-state index in [1.807, 2.05) is 18.3 Å². The van der Waals surface area contributed by atoms with Crippen LogP contribution in [0.3, 0.4) is 0 Å². The van der Waals surface area contributed by atoms with Gasteiger partial charge in [-0.25, -0.2) is 4.98 Å². The summed E-state index contributed by atoms with van der Waals surface area (Å²) < 4.78 is 1.04. The molecule has 0 aliphatic rings. The topological polar surface area (TPSA) is 24.9 Å². The summed E-state index contributed by atoms with van der Waals surface area (Å²) in [6, 6.07) is 4.07. The van der Waals surface area contributed by atoms with Crippen molar-refractivity contribution in [1.29, 1.82) is 0 Å². The van der Waals surface area contributed by atoms with Gasteiger partial charge in [-0.2, -0.15) is 0 Å². The van der Waals surface area contributed by atoms with E-state index in [1.165, 1.54) is 12.8 Å². The Morgan fingerprint density at radius 3 is 2.93 bits per heavy atom. The van der Waals surface area contributed by atoms with Crippen molar-refractivity contribution < 1.29 is 0 Å². The summed E-state index contributed by atoms with van der Waals surface area (Å²) in [4.78, 5) is 4.30. The summed E-state index contributed by atoms with van der Waals surface area (Å²) >= 11 is 5.16. The van der Waals surface area contributed by atoms with Crippen LogP contribution >= 0.6 is 27.7 Å². The Labute approximate surface area is 104 Å². The lowest BCUT2D eigenvalue weighted by Crippen LogP contribution is -2.18. The molecule has 0 bridgehead atoms. The minimum Gasteiger partial charge on any atom is -0.316 e. The first-order chi connectivity index (χ1) is 7.33. The summed E-state index contributed by atoms with van der Waals surface area (Å²) in [5.74, 6) is 1.08. The molecule has 2 nitrogen and oxygen atoms in total. The van der Waals surface area contributed by atoms with Gasteiger partial charge in [-0.1, -0.05) is 13.3 Å². The molecule has 1 heterocycles. The highest BCUT2D eigenvalue weighted by Gasteiger charge is 1.95. The Hall–Kier alpha value is -0.0600. The van der Waals surface area contributed by atoms with Gasteiger partial charge in [-0.05, 0) is 41.0 Å². The molecule has 0 aliphatic carbocycles. The van der Waals surface area contributed by atoms with Crippen LogP contribution in [0.15, 0.2) is 27.8 Å². The Morgan fingerprint density at radius 1 is 1.40 bits per heavy atom. The molecule has 4 heteroatoms. The molecule has 0 atom stereocenters. The molecule has 1 rings (SSSR count). The van der Waals surface area contributed by atoms with Crippen LogP contribution in [-0.2, 0) is 0 Å². The number of hydrogen-bond acceptors (Lipinski definition) is 3. The minimum absolute atomic E-state index is 1.04. The molecule has 1 N–H and O–H groups in total. The van der Waals surface area contributed by atoms with Crippen LogP contribution in [0, 0.1) is 0 Å². The summed E-state index contributed by atoms with van der Waals surface area (Å²) in [5, 5.41) is 4.50. The monoisotopic (exact) mass is 288 g/mol. The fourth-order valence-electron chi connectivity index (χ4n) is 1.10. The third-order valence-electron chi connectivity index (χ3n) is 1.94. The van der Waals surface area contributed by atoms with Crippen LogP contribution in [0.1, 0.15) is 19.8 Å². The van der Waals surface area contributed by atoms with Crippen LogP contribution < -0.4 is 5.32 Å². The zero-order valence-electron chi connectivity index (χ0n) is 9.00. The lowest BCUT2D eigenvalue weighted by molar-refractivity contribution is 0.666. The van der Waals surface area contributed by atoms with Crippen molar-refractivity contribution in [1.82, 2.24) is 10.3 Å². The normalized spacial score (nSPS) is 10.5. The van der Waals surface area contributed by atoms with Crippen molar-refractivity contribution in [3.8, 4) is 0 Å². The van der Waals surface area contributed by atoms with E-state index in [-0.39, 0.29) is 0 Å². The molecule has 0 saturated carbocycles. The molecule has 1 aromatic rings. The predicted molar refractivity (Wildman–Crippen MR) is 70.4 cm³/mol. The molecule has 0 unspecified atom stereocenters. The number of rotatable bonds is 7. The second-order valence-electron chi connectivity index (χ2n) is 3.27. The maximum atomic E-state index is 4.30. The number of nitrogens with one attached hydrogen (secondary N) is 1. The van der Waals surface area contributed by atoms with Gasteiger partial charge in [0.25, 0.3) is 0 Å². The SMILES string of the molecule is CCCCNCCSc1ccc(Br)cn1. The molecular weight excluding hydrogens is 272 g/mol. The van der Waals surface area contributed by atoms with Gasteiger partial charge in [-0.3, -0.25) is 0 Å². The van der Waals surface area contributed by atoms with Crippen molar-refractivity contribution in [3.05, 3.63) is 22.8 Å². The van der Waals surface area contributed by atoms with Gasteiger partial charge >= 0.3 is 0 Å². The number of unbranched alkanes of at least 4 members (excludes halogenated alkanes) is 1. The first-order valence-corrected chi connectivity index (χ1v) is 7.06. The second kappa shape index (κ2) is 8.13. The molecule has 0 aliphatic heterocycles. The van der Waals surface area contributed by atoms with E-state index >= 15 is 0 Å². The first-order valence-electron chi connectivity index (χ1n) is 5.28.